The van der Waals surface area contributed by atoms with Gasteiger partial charge < -0.3 is 10.6 Å². The van der Waals surface area contributed by atoms with E-state index in [4.69, 9.17) is 5.73 Å². The van der Waals surface area contributed by atoms with Crippen LogP contribution in [0, 0.1) is 11.8 Å². The minimum atomic E-state index is 0.734. The van der Waals surface area contributed by atoms with E-state index in [1.54, 1.807) is 0 Å². The molecule has 0 aromatic rings. The van der Waals surface area contributed by atoms with E-state index in [0.717, 1.165) is 24.4 Å². The van der Waals surface area contributed by atoms with Crippen LogP contribution in [0.15, 0.2) is 0 Å². The Morgan fingerprint density at radius 1 is 1.43 bits per heavy atom. The zero-order valence-electron chi connectivity index (χ0n) is 10.00. The van der Waals surface area contributed by atoms with Gasteiger partial charge in [-0.05, 0) is 44.7 Å². The molecule has 84 valence electrons. The van der Waals surface area contributed by atoms with Crippen LogP contribution in [-0.4, -0.2) is 30.6 Å². The predicted molar refractivity (Wildman–Crippen MR) is 62.3 cm³/mol. The van der Waals surface area contributed by atoms with Crippen molar-refractivity contribution in [1.29, 1.82) is 0 Å². The van der Waals surface area contributed by atoms with E-state index >= 15 is 0 Å². The van der Waals surface area contributed by atoms with Crippen LogP contribution in [0.2, 0.25) is 0 Å². The average molecular weight is 198 g/mol. The smallest absolute Gasteiger partial charge is 0.00700 e. The van der Waals surface area contributed by atoms with E-state index in [1.165, 1.54) is 32.4 Å². The van der Waals surface area contributed by atoms with Crippen LogP contribution in [0.4, 0.5) is 0 Å². The molecule has 0 bridgehead atoms. The van der Waals surface area contributed by atoms with Crippen molar-refractivity contribution in [3.05, 3.63) is 0 Å². The molecule has 0 saturated carbocycles. The topological polar surface area (TPSA) is 29.3 Å². The maximum Gasteiger partial charge on any atom is 0.00700 e. The van der Waals surface area contributed by atoms with Gasteiger partial charge >= 0.3 is 0 Å². The van der Waals surface area contributed by atoms with E-state index in [2.05, 4.69) is 25.7 Å². The van der Waals surface area contributed by atoms with Crippen LogP contribution in [-0.2, 0) is 0 Å². The highest BCUT2D eigenvalue weighted by Gasteiger charge is 2.25. The lowest BCUT2D eigenvalue weighted by atomic mass is 10.0. The summed E-state index contributed by atoms with van der Waals surface area (Å²) in [5, 5.41) is 0. The Bertz CT molecular complexity index is 154. The maximum atomic E-state index is 5.71. The largest absolute Gasteiger partial charge is 0.330 e. The van der Waals surface area contributed by atoms with Crippen LogP contribution in [0.5, 0.6) is 0 Å². The van der Waals surface area contributed by atoms with Gasteiger partial charge in [0.15, 0.2) is 0 Å². The van der Waals surface area contributed by atoms with Crippen molar-refractivity contribution >= 4 is 0 Å². The molecule has 1 aliphatic rings. The monoisotopic (exact) mass is 198 g/mol. The molecule has 2 nitrogen and oxygen atoms in total. The van der Waals surface area contributed by atoms with E-state index < -0.39 is 0 Å². The quantitative estimate of drug-likeness (QED) is 0.733. The molecule has 1 heterocycles. The average Bonchev–Trinajstić information content (AvgIpc) is 2.47. The summed E-state index contributed by atoms with van der Waals surface area (Å²) < 4.78 is 0. The molecule has 1 aliphatic heterocycles. The summed E-state index contributed by atoms with van der Waals surface area (Å²) in [6.07, 6.45) is 3.89. The molecule has 3 unspecified atom stereocenters. The van der Waals surface area contributed by atoms with Gasteiger partial charge in [-0.2, -0.15) is 0 Å². The summed E-state index contributed by atoms with van der Waals surface area (Å²) in [6.45, 7) is 10.4. The van der Waals surface area contributed by atoms with Crippen LogP contribution in [0.25, 0.3) is 0 Å². The first kappa shape index (κ1) is 12.0. The van der Waals surface area contributed by atoms with Gasteiger partial charge in [0.25, 0.3) is 0 Å². The number of nitrogens with zero attached hydrogens (tertiary/aromatic N) is 1. The molecule has 0 amide bonds. The Morgan fingerprint density at radius 2 is 2.14 bits per heavy atom. The molecule has 14 heavy (non-hydrogen) atoms. The Morgan fingerprint density at radius 3 is 2.57 bits per heavy atom. The molecule has 2 N–H and O–H groups in total. The van der Waals surface area contributed by atoms with Crippen molar-refractivity contribution in [3.63, 3.8) is 0 Å². The van der Waals surface area contributed by atoms with Crippen LogP contribution in [0.1, 0.15) is 40.0 Å². The van der Waals surface area contributed by atoms with E-state index in [9.17, 15) is 0 Å². The van der Waals surface area contributed by atoms with Crippen molar-refractivity contribution in [2.45, 2.75) is 46.1 Å². The second-order valence-corrected chi connectivity index (χ2v) is 4.98. The third kappa shape index (κ3) is 3.25. The number of rotatable bonds is 5. The second-order valence-electron chi connectivity index (χ2n) is 4.98. The SMILES string of the molecule is CCC(CN)CCN1CC(C)CC1C. The van der Waals surface area contributed by atoms with E-state index in [-0.39, 0.29) is 0 Å². The fourth-order valence-corrected chi connectivity index (χ4v) is 2.53. The fourth-order valence-electron chi connectivity index (χ4n) is 2.53. The molecule has 0 radical (unpaired) electrons. The Hall–Kier alpha value is -0.0800. The van der Waals surface area contributed by atoms with Gasteiger partial charge in [-0.3, -0.25) is 0 Å². The van der Waals surface area contributed by atoms with Gasteiger partial charge in [0.2, 0.25) is 0 Å². The third-order valence-electron chi connectivity index (χ3n) is 3.65. The fraction of sp³-hybridized carbons (Fsp3) is 1.00. The van der Waals surface area contributed by atoms with Gasteiger partial charge in [-0.15, -0.1) is 0 Å². The Labute approximate surface area is 88.8 Å². The lowest BCUT2D eigenvalue weighted by Crippen LogP contribution is -2.30. The lowest BCUT2D eigenvalue weighted by molar-refractivity contribution is 0.242. The summed E-state index contributed by atoms with van der Waals surface area (Å²) in [7, 11) is 0. The van der Waals surface area contributed by atoms with Crippen molar-refractivity contribution in [2.75, 3.05) is 19.6 Å². The molecular formula is C12H26N2. The van der Waals surface area contributed by atoms with Gasteiger partial charge in [0, 0.05) is 12.6 Å². The molecule has 0 aliphatic carbocycles. The summed E-state index contributed by atoms with van der Waals surface area (Å²) in [6, 6.07) is 0.792. The first-order valence-corrected chi connectivity index (χ1v) is 6.11. The van der Waals surface area contributed by atoms with E-state index in [1.807, 2.05) is 0 Å². The number of hydrogen-bond donors (Lipinski definition) is 1. The Kier molecular flexibility index (Phi) is 4.90. The predicted octanol–water partition coefficient (Wildman–Crippen LogP) is 2.09. The molecule has 0 aromatic heterocycles. The van der Waals surface area contributed by atoms with Crippen molar-refractivity contribution in [2.24, 2.45) is 17.6 Å². The summed E-state index contributed by atoms with van der Waals surface area (Å²) >= 11 is 0. The first-order chi connectivity index (χ1) is 6.67. The normalized spacial score (nSPS) is 30.9. The molecule has 3 atom stereocenters. The van der Waals surface area contributed by atoms with Gasteiger partial charge in [0.1, 0.15) is 0 Å². The number of nitrogens with two attached hydrogens (primary N) is 1. The van der Waals surface area contributed by atoms with E-state index in [0.29, 0.717) is 0 Å². The summed E-state index contributed by atoms with van der Waals surface area (Å²) in [5.41, 5.74) is 5.71. The van der Waals surface area contributed by atoms with Crippen LogP contribution in [0.3, 0.4) is 0 Å². The third-order valence-corrected chi connectivity index (χ3v) is 3.65. The zero-order chi connectivity index (χ0) is 10.6. The number of hydrogen-bond acceptors (Lipinski definition) is 2. The van der Waals surface area contributed by atoms with Crippen LogP contribution >= 0.6 is 0 Å². The molecule has 1 rings (SSSR count). The van der Waals surface area contributed by atoms with Crippen LogP contribution < -0.4 is 5.73 Å². The molecular weight excluding hydrogens is 172 g/mol. The zero-order valence-corrected chi connectivity index (χ0v) is 10.00. The molecule has 0 aromatic carbocycles. The molecule has 1 fully saturated rings. The van der Waals surface area contributed by atoms with Gasteiger partial charge in [-0.1, -0.05) is 20.3 Å². The second kappa shape index (κ2) is 5.72. The van der Waals surface area contributed by atoms with Crippen molar-refractivity contribution < 1.29 is 0 Å². The highest BCUT2D eigenvalue weighted by atomic mass is 15.2. The molecule has 0 spiro atoms. The van der Waals surface area contributed by atoms with Gasteiger partial charge in [-0.25, -0.2) is 0 Å². The van der Waals surface area contributed by atoms with Crippen molar-refractivity contribution in [1.82, 2.24) is 4.90 Å². The lowest BCUT2D eigenvalue weighted by Gasteiger charge is -2.23. The maximum absolute atomic E-state index is 5.71. The highest BCUT2D eigenvalue weighted by Crippen LogP contribution is 2.23. The molecule has 1 saturated heterocycles. The summed E-state index contributed by atoms with van der Waals surface area (Å²) in [4.78, 5) is 2.63. The highest BCUT2D eigenvalue weighted by molar-refractivity contribution is 4.80. The Balaban J connectivity index is 2.23. The van der Waals surface area contributed by atoms with Gasteiger partial charge in [0.05, 0.1) is 0 Å². The summed E-state index contributed by atoms with van der Waals surface area (Å²) in [5.74, 6) is 1.63. The minimum Gasteiger partial charge on any atom is -0.330 e. The standard InChI is InChI=1S/C12H26N2/c1-4-12(8-13)5-6-14-9-10(2)7-11(14)3/h10-12H,4-9,13H2,1-3H3. The molecule has 2 heteroatoms. The number of likely N-dealkylation sites (tertiary alicyclic amines) is 1. The van der Waals surface area contributed by atoms with Crippen molar-refractivity contribution in [3.8, 4) is 0 Å². The first-order valence-electron chi connectivity index (χ1n) is 6.11. The minimum absolute atomic E-state index is 0.734.